The van der Waals surface area contributed by atoms with E-state index in [1.54, 1.807) is 6.07 Å². The van der Waals surface area contributed by atoms with E-state index in [1.807, 2.05) is 0 Å². The van der Waals surface area contributed by atoms with Gasteiger partial charge in [0.1, 0.15) is 20.0 Å². The van der Waals surface area contributed by atoms with Gasteiger partial charge in [-0.05, 0) is 24.3 Å². The molecule has 0 atom stereocenters. The summed E-state index contributed by atoms with van der Waals surface area (Å²) in [6, 6.07) is 12.0. The van der Waals surface area contributed by atoms with Gasteiger partial charge in [-0.2, -0.15) is 8.42 Å². The molecule has 0 heterocycles. The molecule has 0 amide bonds. The Balaban J connectivity index is 0.000000237. The molecule has 0 fully saturated rings. The van der Waals surface area contributed by atoms with E-state index in [4.69, 9.17) is 33.1 Å². The van der Waals surface area contributed by atoms with Crippen molar-refractivity contribution in [3.8, 4) is 0 Å². The molecule has 28 heavy (non-hydrogen) atoms. The van der Waals surface area contributed by atoms with Crippen molar-refractivity contribution >= 4 is 59.9 Å². The number of halogens is 2. The number of nitrogens with zero attached hydrogens (tertiary/aromatic N) is 2. The molecule has 0 aliphatic carbocycles. The average molecular weight is 461 g/mol. The van der Waals surface area contributed by atoms with Gasteiger partial charge in [0.2, 0.25) is 5.39 Å². The van der Waals surface area contributed by atoms with Gasteiger partial charge in [-0.15, -0.1) is 0 Å². The summed E-state index contributed by atoms with van der Waals surface area (Å²) >= 11 is 11.2. The number of hydrogen-bond acceptors (Lipinski definition) is 6. The molecule has 0 saturated carbocycles. The minimum atomic E-state index is -4.72. The molecule has 0 aliphatic heterocycles. The second-order valence-corrected chi connectivity index (χ2v) is 8.81. The molecule has 146 valence electrons. The summed E-state index contributed by atoms with van der Waals surface area (Å²) < 4.78 is 64.4. The van der Waals surface area contributed by atoms with Crippen LogP contribution in [0.1, 0.15) is 0 Å². The molecule has 0 unspecified atom stereocenters. The third kappa shape index (κ3) is 5.17. The summed E-state index contributed by atoms with van der Waals surface area (Å²) in [5, 5.41) is 9.12. The Labute approximate surface area is 170 Å². The van der Waals surface area contributed by atoms with Crippen LogP contribution in [0.2, 0.25) is 10.0 Å². The van der Waals surface area contributed by atoms with Crippen LogP contribution in [0.5, 0.6) is 0 Å². The second-order valence-electron chi connectivity index (χ2n) is 5.23. The molecule has 0 radical (unpaired) electrons. The van der Waals surface area contributed by atoms with Gasteiger partial charge in [0.25, 0.3) is 10.1 Å². The van der Waals surface area contributed by atoms with E-state index in [1.165, 1.54) is 36.4 Å². The fourth-order valence-electron chi connectivity index (χ4n) is 2.26. The van der Waals surface area contributed by atoms with E-state index >= 15 is 0 Å². The summed E-state index contributed by atoms with van der Waals surface area (Å²) in [5.74, 6) is 0. The molecule has 0 aromatic heterocycles. The van der Waals surface area contributed by atoms with Crippen LogP contribution in [0, 0.1) is 5.39 Å². The molecular weight excluding hydrogens is 451 g/mol. The van der Waals surface area contributed by atoms with Gasteiger partial charge in [-0.1, -0.05) is 47.5 Å². The molecule has 3 aromatic carbocycles. The largest absolute Gasteiger partial charge is 0.744 e. The Kier molecular flexibility index (Phi) is 6.61. The standard InChI is InChI=1S/C10H8O6S2.C6H3Cl2N2/c11-17(12,13)9-5-1-3-7-8(9)4-2-6-10(7)18(14,15)16;7-4-1-2-6(10-9)5(8)3-4/h1-6H,(H,11,12,13)(H,14,15,16);1-3H/q;+1/p-1. The van der Waals surface area contributed by atoms with Crippen LogP contribution in [-0.2, 0) is 20.2 Å². The van der Waals surface area contributed by atoms with Gasteiger partial charge in [0.05, 0.1) is 4.90 Å². The first-order chi connectivity index (χ1) is 12.9. The zero-order chi connectivity index (χ0) is 21.1. The Hall–Kier alpha value is -2.26. The molecule has 3 aromatic rings. The van der Waals surface area contributed by atoms with E-state index < -0.39 is 30.0 Å². The van der Waals surface area contributed by atoms with Gasteiger partial charge < -0.3 is 4.55 Å². The van der Waals surface area contributed by atoms with Crippen LogP contribution in [0.25, 0.3) is 15.7 Å². The first-order valence-corrected chi connectivity index (χ1v) is 10.8. The van der Waals surface area contributed by atoms with E-state index in [9.17, 15) is 21.4 Å². The molecule has 0 spiro atoms. The van der Waals surface area contributed by atoms with Gasteiger partial charge in [-0.3, -0.25) is 4.55 Å². The van der Waals surface area contributed by atoms with Crippen LogP contribution in [0.15, 0.2) is 64.4 Å². The third-order valence-electron chi connectivity index (χ3n) is 3.41. The van der Waals surface area contributed by atoms with Crippen molar-refractivity contribution in [3.05, 3.63) is 69.6 Å². The Morgan fingerprint density at radius 2 is 1.43 bits per heavy atom. The molecule has 0 aliphatic rings. The highest BCUT2D eigenvalue weighted by Crippen LogP contribution is 2.28. The quantitative estimate of drug-likeness (QED) is 0.439. The highest BCUT2D eigenvalue weighted by atomic mass is 35.5. The maximum Gasteiger partial charge on any atom is 0.403 e. The van der Waals surface area contributed by atoms with E-state index in [2.05, 4.69) is 4.98 Å². The molecule has 0 saturated heterocycles. The summed E-state index contributed by atoms with van der Waals surface area (Å²) in [5.41, 5.74) is 0.325. The summed E-state index contributed by atoms with van der Waals surface area (Å²) in [6.07, 6.45) is 0. The smallest absolute Gasteiger partial charge is 0.403 e. The molecule has 8 nitrogen and oxygen atoms in total. The first-order valence-electron chi connectivity index (χ1n) is 7.20. The number of rotatable bonds is 2. The lowest BCUT2D eigenvalue weighted by atomic mass is 10.1. The van der Waals surface area contributed by atoms with Crippen molar-refractivity contribution in [2.75, 3.05) is 0 Å². The number of fused-ring (bicyclic) bond motifs is 1. The minimum Gasteiger partial charge on any atom is -0.744 e. The minimum absolute atomic E-state index is 0.0167. The zero-order valence-electron chi connectivity index (χ0n) is 13.7. The lowest BCUT2D eigenvalue weighted by Gasteiger charge is -2.11. The molecular formula is C16H10Cl2N2O6S2. The van der Waals surface area contributed by atoms with Crippen molar-refractivity contribution in [1.29, 1.82) is 5.39 Å². The van der Waals surface area contributed by atoms with E-state index in [0.717, 1.165) is 12.1 Å². The monoisotopic (exact) mass is 460 g/mol. The van der Waals surface area contributed by atoms with Gasteiger partial charge in [0, 0.05) is 21.9 Å². The van der Waals surface area contributed by atoms with Crippen molar-refractivity contribution in [2.24, 2.45) is 0 Å². The van der Waals surface area contributed by atoms with Crippen LogP contribution < -0.4 is 0 Å². The van der Waals surface area contributed by atoms with Crippen molar-refractivity contribution in [3.63, 3.8) is 0 Å². The average Bonchev–Trinajstić information content (AvgIpc) is 2.59. The number of benzene rings is 3. The fraction of sp³-hybridized carbons (Fsp3) is 0. The Morgan fingerprint density at radius 3 is 1.89 bits per heavy atom. The van der Waals surface area contributed by atoms with Crippen molar-refractivity contribution < 1.29 is 25.9 Å². The Bertz CT molecular complexity index is 1230. The number of diazo groups is 1. The van der Waals surface area contributed by atoms with Gasteiger partial charge in [-0.25, -0.2) is 8.42 Å². The normalized spacial score (nSPS) is 11.4. The second kappa shape index (κ2) is 8.40. The molecule has 3 rings (SSSR count). The third-order valence-corrected chi connectivity index (χ3v) is 5.75. The highest BCUT2D eigenvalue weighted by Gasteiger charge is 2.16. The van der Waals surface area contributed by atoms with E-state index in [0.29, 0.717) is 15.7 Å². The molecule has 12 heteroatoms. The van der Waals surface area contributed by atoms with Crippen LogP contribution >= 0.6 is 23.2 Å². The van der Waals surface area contributed by atoms with Crippen molar-refractivity contribution in [1.82, 2.24) is 0 Å². The summed E-state index contributed by atoms with van der Waals surface area (Å²) in [7, 11) is -9.21. The van der Waals surface area contributed by atoms with Crippen LogP contribution in [0.3, 0.4) is 0 Å². The molecule has 1 N–H and O–H groups in total. The van der Waals surface area contributed by atoms with Crippen LogP contribution in [-0.4, -0.2) is 25.9 Å². The lowest BCUT2D eigenvalue weighted by Crippen LogP contribution is -2.02. The first kappa shape index (κ1) is 22.0. The maximum absolute atomic E-state index is 11.1. The summed E-state index contributed by atoms with van der Waals surface area (Å²) in [6.45, 7) is 0. The lowest BCUT2D eigenvalue weighted by molar-refractivity contribution is 0.463. The van der Waals surface area contributed by atoms with Gasteiger partial charge in [0.15, 0.2) is 4.98 Å². The SMILES string of the molecule is N#[N+]c1ccc(Cl)cc1Cl.O=S(=O)([O-])c1cccc2c(S(=O)(=O)O)cccc12. The van der Waals surface area contributed by atoms with E-state index in [-0.39, 0.29) is 10.8 Å². The van der Waals surface area contributed by atoms with Crippen LogP contribution in [0.4, 0.5) is 5.69 Å². The topological polar surface area (TPSA) is 140 Å². The summed E-state index contributed by atoms with van der Waals surface area (Å²) in [4.78, 5) is 1.96. The predicted molar refractivity (Wildman–Crippen MR) is 103 cm³/mol. The predicted octanol–water partition coefficient (Wildman–Crippen LogP) is 4.47. The Morgan fingerprint density at radius 1 is 0.893 bits per heavy atom. The van der Waals surface area contributed by atoms with Gasteiger partial charge >= 0.3 is 5.69 Å². The molecule has 0 bridgehead atoms. The highest BCUT2D eigenvalue weighted by molar-refractivity contribution is 7.86. The maximum atomic E-state index is 11.1. The zero-order valence-corrected chi connectivity index (χ0v) is 16.8. The number of hydrogen-bond donors (Lipinski definition) is 1. The van der Waals surface area contributed by atoms with Crippen molar-refractivity contribution in [2.45, 2.75) is 9.79 Å². The fourth-order valence-corrected chi connectivity index (χ4v) is 4.10.